The lowest BCUT2D eigenvalue weighted by Crippen LogP contribution is -2.12. The number of aryl methyl sites for hydroxylation is 1. The van der Waals surface area contributed by atoms with Gasteiger partial charge < -0.3 is 9.73 Å². The average Bonchev–Trinajstić information content (AvgIpc) is 2.72. The highest BCUT2D eigenvalue weighted by Crippen LogP contribution is 2.20. The molecule has 2 rings (SSSR count). The predicted octanol–water partition coefficient (Wildman–Crippen LogP) is 3.80. The molecule has 17 heavy (non-hydrogen) atoms. The quantitative estimate of drug-likeness (QED) is 0.880. The van der Waals surface area contributed by atoms with Crippen LogP contribution in [0.25, 0.3) is 0 Å². The predicted molar refractivity (Wildman–Crippen MR) is 67.6 cm³/mol. The summed E-state index contributed by atoms with van der Waals surface area (Å²) >= 11 is 5.62. The molecule has 2 aromatic rings. The van der Waals surface area contributed by atoms with Crippen molar-refractivity contribution in [2.75, 3.05) is 5.32 Å². The van der Waals surface area contributed by atoms with E-state index in [9.17, 15) is 4.79 Å². The Morgan fingerprint density at radius 3 is 2.65 bits per heavy atom. The number of carbonyl (C=O) groups is 1. The third kappa shape index (κ3) is 2.50. The van der Waals surface area contributed by atoms with E-state index >= 15 is 0 Å². The summed E-state index contributed by atoms with van der Waals surface area (Å²) in [6.07, 6.45) is 0. The molecule has 0 unspecified atom stereocenters. The van der Waals surface area contributed by atoms with Crippen LogP contribution in [0.1, 0.15) is 21.7 Å². The molecule has 1 N–H and O–H groups in total. The number of furan rings is 1. The SMILES string of the molecule is Cc1cccc(NC(=O)c2ccc(Cl)o2)c1C. The highest BCUT2D eigenvalue weighted by Gasteiger charge is 2.12. The highest BCUT2D eigenvalue weighted by molar-refractivity contribution is 6.29. The largest absolute Gasteiger partial charge is 0.440 e. The summed E-state index contributed by atoms with van der Waals surface area (Å²) in [7, 11) is 0. The summed E-state index contributed by atoms with van der Waals surface area (Å²) in [5.74, 6) is -0.0958. The maximum Gasteiger partial charge on any atom is 0.291 e. The van der Waals surface area contributed by atoms with Crippen molar-refractivity contribution in [2.45, 2.75) is 13.8 Å². The third-order valence-corrected chi connectivity index (χ3v) is 2.85. The molecule has 0 saturated heterocycles. The van der Waals surface area contributed by atoms with Gasteiger partial charge in [0.05, 0.1) is 0 Å². The van der Waals surface area contributed by atoms with Gasteiger partial charge >= 0.3 is 0 Å². The maximum atomic E-state index is 11.8. The van der Waals surface area contributed by atoms with Crippen molar-refractivity contribution in [3.8, 4) is 0 Å². The van der Waals surface area contributed by atoms with Crippen LogP contribution in [0.2, 0.25) is 5.22 Å². The summed E-state index contributed by atoms with van der Waals surface area (Å²) in [6, 6.07) is 8.83. The minimum Gasteiger partial charge on any atom is -0.440 e. The zero-order chi connectivity index (χ0) is 12.4. The van der Waals surface area contributed by atoms with E-state index in [1.165, 1.54) is 0 Å². The molecule has 88 valence electrons. The molecule has 0 fully saturated rings. The molecule has 0 aliphatic carbocycles. The van der Waals surface area contributed by atoms with Crippen molar-refractivity contribution >= 4 is 23.2 Å². The van der Waals surface area contributed by atoms with E-state index < -0.39 is 0 Å². The molecule has 4 heteroatoms. The van der Waals surface area contributed by atoms with Gasteiger partial charge in [-0.15, -0.1) is 0 Å². The average molecular weight is 250 g/mol. The Morgan fingerprint density at radius 1 is 1.24 bits per heavy atom. The molecule has 3 nitrogen and oxygen atoms in total. The number of benzene rings is 1. The summed E-state index contributed by atoms with van der Waals surface area (Å²) in [4.78, 5) is 11.8. The molecule has 1 aromatic heterocycles. The Hall–Kier alpha value is -1.74. The molecule has 0 atom stereocenters. The number of hydrogen-bond acceptors (Lipinski definition) is 2. The Morgan fingerprint density at radius 2 is 2.00 bits per heavy atom. The van der Waals surface area contributed by atoms with Gasteiger partial charge in [-0.05, 0) is 54.8 Å². The van der Waals surface area contributed by atoms with Crippen molar-refractivity contribution in [1.82, 2.24) is 0 Å². The van der Waals surface area contributed by atoms with Crippen molar-refractivity contribution in [3.05, 3.63) is 52.4 Å². The van der Waals surface area contributed by atoms with Crippen LogP contribution in [0.3, 0.4) is 0 Å². The van der Waals surface area contributed by atoms with Gasteiger partial charge in [0.15, 0.2) is 11.0 Å². The Labute approximate surface area is 104 Å². The van der Waals surface area contributed by atoms with Gasteiger partial charge in [0.2, 0.25) is 0 Å². The van der Waals surface area contributed by atoms with E-state index in [1.807, 2.05) is 32.0 Å². The van der Waals surface area contributed by atoms with E-state index in [0.29, 0.717) is 0 Å². The summed E-state index contributed by atoms with van der Waals surface area (Å²) in [6.45, 7) is 3.95. The first-order valence-corrected chi connectivity index (χ1v) is 5.58. The van der Waals surface area contributed by atoms with Gasteiger partial charge in [-0.1, -0.05) is 12.1 Å². The van der Waals surface area contributed by atoms with Crippen LogP contribution >= 0.6 is 11.6 Å². The van der Waals surface area contributed by atoms with Gasteiger partial charge in [0.1, 0.15) is 0 Å². The Balaban J connectivity index is 2.21. The van der Waals surface area contributed by atoms with Crippen molar-refractivity contribution in [1.29, 1.82) is 0 Å². The van der Waals surface area contributed by atoms with Crippen molar-refractivity contribution < 1.29 is 9.21 Å². The minimum atomic E-state index is -0.300. The number of amides is 1. The lowest BCUT2D eigenvalue weighted by atomic mass is 10.1. The zero-order valence-corrected chi connectivity index (χ0v) is 10.3. The Kier molecular flexibility index (Phi) is 3.20. The lowest BCUT2D eigenvalue weighted by molar-refractivity contribution is 0.0996. The molecule has 0 spiro atoms. The number of rotatable bonds is 2. The molecule has 1 amide bonds. The number of nitrogens with one attached hydrogen (secondary N) is 1. The molecule has 0 aliphatic rings. The minimum absolute atomic E-state index is 0.205. The first-order valence-electron chi connectivity index (χ1n) is 5.21. The maximum absolute atomic E-state index is 11.8. The van der Waals surface area contributed by atoms with Gasteiger partial charge in [-0.2, -0.15) is 0 Å². The highest BCUT2D eigenvalue weighted by atomic mass is 35.5. The fourth-order valence-corrected chi connectivity index (χ4v) is 1.65. The Bertz CT molecular complexity index is 560. The standard InChI is InChI=1S/C13H12ClNO2/c1-8-4-3-5-10(9(8)2)15-13(16)11-6-7-12(14)17-11/h3-7H,1-2H3,(H,15,16). The zero-order valence-electron chi connectivity index (χ0n) is 9.58. The molecule has 1 aromatic carbocycles. The number of halogens is 1. The van der Waals surface area contributed by atoms with E-state index in [2.05, 4.69) is 5.32 Å². The van der Waals surface area contributed by atoms with Crippen LogP contribution in [0.15, 0.2) is 34.7 Å². The molecular formula is C13H12ClNO2. The van der Waals surface area contributed by atoms with Gasteiger partial charge in [-0.25, -0.2) is 0 Å². The molecule has 1 heterocycles. The van der Waals surface area contributed by atoms with Crippen LogP contribution in [0.4, 0.5) is 5.69 Å². The van der Waals surface area contributed by atoms with Crippen LogP contribution in [0.5, 0.6) is 0 Å². The first-order chi connectivity index (χ1) is 8.08. The van der Waals surface area contributed by atoms with Crippen molar-refractivity contribution in [2.24, 2.45) is 0 Å². The van der Waals surface area contributed by atoms with Gasteiger partial charge in [-0.3, -0.25) is 4.79 Å². The third-order valence-electron chi connectivity index (χ3n) is 2.65. The van der Waals surface area contributed by atoms with Crippen molar-refractivity contribution in [3.63, 3.8) is 0 Å². The normalized spacial score (nSPS) is 10.3. The number of hydrogen-bond donors (Lipinski definition) is 1. The fraction of sp³-hybridized carbons (Fsp3) is 0.154. The number of anilines is 1. The van der Waals surface area contributed by atoms with E-state index in [0.717, 1.165) is 16.8 Å². The number of carbonyl (C=O) groups excluding carboxylic acids is 1. The van der Waals surface area contributed by atoms with Gasteiger partial charge in [0, 0.05) is 5.69 Å². The van der Waals surface area contributed by atoms with Crippen LogP contribution in [0, 0.1) is 13.8 Å². The summed E-state index contributed by atoms with van der Waals surface area (Å²) < 4.78 is 5.04. The van der Waals surface area contributed by atoms with E-state index in [-0.39, 0.29) is 16.9 Å². The second-order valence-electron chi connectivity index (χ2n) is 3.81. The van der Waals surface area contributed by atoms with Crippen LogP contribution in [-0.2, 0) is 0 Å². The molecule has 0 aliphatic heterocycles. The molecule has 0 saturated carbocycles. The van der Waals surface area contributed by atoms with Crippen LogP contribution < -0.4 is 5.32 Å². The molecular weight excluding hydrogens is 238 g/mol. The second-order valence-corrected chi connectivity index (χ2v) is 4.18. The smallest absolute Gasteiger partial charge is 0.291 e. The molecule has 0 radical (unpaired) electrons. The summed E-state index contributed by atoms with van der Waals surface area (Å²) in [5.41, 5.74) is 2.95. The lowest BCUT2D eigenvalue weighted by Gasteiger charge is -2.08. The fourth-order valence-electron chi connectivity index (χ4n) is 1.51. The van der Waals surface area contributed by atoms with E-state index in [4.69, 9.17) is 16.0 Å². The second kappa shape index (κ2) is 4.63. The topological polar surface area (TPSA) is 42.2 Å². The van der Waals surface area contributed by atoms with Crippen LogP contribution in [-0.4, -0.2) is 5.91 Å². The monoisotopic (exact) mass is 249 g/mol. The first kappa shape index (κ1) is 11.7. The van der Waals surface area contributed by atoms with E-state index in [1.54, 1.807) is 12.1 Å². The summed E-state index contributed by atoms with van der Waals surface area (Å²) in [5, 5.41) is 2.99. The van der Waals surface area contributed by atoms with Gasteiger partial charge in [0.25, 0.3) is 5.91 Å². The molecule has 0 bridgehead atoms.